The third-order valence-electron chi connectivity index (χ3n) is 6.24. The van der Waals surface area contributed by atoms with Crippen LogP contribution >= 0.6 is 0 Å². The number of hydrogen-bond acceptors (Lipinski definition) is 5. The lowest BCUT2D eigenvalue weighted by atomic mass is 10.1. The van der Waals surface area contributed by atoms with Crippen LogP contribution in [0.2, 0.25) is 0 Å². The molecule has 39 heavy (non-hydrogen) atoms. The van der Waals surface area contributed by atoms with Crippen molar-refractivity contribution in [3.05, 3.63) is 90.5 Å². The fraction of sp³-hybridized carbons (Fsp3) is 0.333. The second kappa shape index (κ2) is 13.8. The highest BCUT2D eigenvalue weighted by Gasteiger charge is 2.33. The third kappa shape index (κ3) is 7.83. The fourth-order valence-electron chi connectivity index (χ4n) is 4.12. The van der Waals surface area contributed by atoms with E-state index in [1.165, 1.54) is 24.1 Å². The second-order valence-corrected chi connectivity index (χ2v) is 11.5. The Morgan fingerprint density at radius 2 is 1.49 bits per heavy atom. The molecule has 0 radical (unpaired) electrons. The van der Waals surface area contributed by atoms with Crippen molar-refractivity contribution in [1.29, 1.82) is 0 Å². The van der Waals surface area contributed by atoms with Gasteiger partial charge in [-0.2, -0.15) is 0 Å². The third-order valence-corrected chi connectivity index (χ3v) is 8.02. The van der Waals surface area contributed by atoms with Crippen LogP contribution in [0.4, 0.5) is 5.69 Å². The first kappa shape index (κ1) is 29.7. The number of sulfonamides is 1. The number of anilines is 1. The molecule has 8 nitrogen and oxygen atoms in total. The maximum Gasteiger partial charge on any atom is 0.264 e. The van der Waals surface area contributed by atoms with Crippen LogP contribution < -0.4 is 14.4 Å². The molecular formula is C30H37N3O5S. The minimum absolute atomic E-state index is 0.0601. The van der Waals surface area contributed by atoms with Crippen LogP contribution in [-0.2, 0) is 26.2 Å². The highest BCUT2D eigenvalue weighted by molar-refractivity contribution is 7.92. The van der Waals surface area contributed by atoms with E-state index >= 15 is 0 Å². The van der Waals surface area contributed by atoms with Gasteiger partial charge < -0.3 is 15.0 Å². The number of amides is 2. The van der Waals surface area contributed by atoms with E-state index in [-0.39, 0.29) is 23.3 Å². The van der Waals surface area contributed by atoms with Gasteiger partial charge >= 0.3 is 0 Å². The smallest absolute Gasteiger partial charge is 0.264 e. The number of hydrogen-bond donors (Lipinski definition) is 1. The van der Waals surface area contributed by atoms with Gasteiger partial charge in [-0.25, -0.2) is 8.42 Å². The number of nitrogens with zero attached hydrogens (tertiary/aromatic N) is 2. The van der Waals surface area contributed by atoms with E-state index in [0.717, 1.165) is 9.87 Å². The van der Waals surface area contributed by atoms with Gasteiger partial charge in [0.25, 0.3) is 10.0 Å². The Kier molecular flexibility index (Phi) is 10.5. The first-order valence-electron chi connectivity index (χ1n) is 13.0. The average Bonchev–Trinajstić information content (AvgIpc) is 2.95. The number of methoxy groups -OCH3 is 1. The number of rotatable bonds is 13. The zero-order valence-electron chi connectivity index (χ0n) is 22.9. The van der Waals surface area contributed by atoms with Crippen molar-refractivity contribution >= 4 is 27.5 Å². The van der Waals surface area contributed by atoms with Crippen molar-refractivity contribution in [3.63, 3.8) is 0 Å². The van der Waals surface area contributed by atoms with Crippen LogP contribution in [0.15, 0.2) is 89.8 Å². The lowest BCUT2D eigenvalue weighted by Gasteiger charge is -2.33. The second-order valence-electron chi connectivity index (χ2n) is 9.59. The Balaban J connectivity index is 2.02. The first-order chi connectivity index (χ1) is 18.7. The lowest BCUT2D eigenvalue weighted by molar-refractivity contribution is -0.140. The molecular weight excluding hydrogens is 514 g/mol. The maximum absolute atomic E-state index is 14.0. The van der Waals surface area contributed by atoms with Crippen LogP contribution in [0.25, 0.3) is 0 Å². The van der Waals surface area contributed by atoms with Gasteiger partial charge in [-0.1, -0.05) is 69.3 Å². The fourth-order valence-corrected chi connectivity index (χ4v) is 5.55. The largest absolute Gasteiger partial charge is 0.497 e. The Hall–Kier alpha value is -3.85. The van der Waals surface area contributed by atoms with Crippen LogP contribution in [0.3, 0.4) is 0 Å². The summed E-state index contributed by atoms with van der Waals surface area (Å²) in [6.45, 7) is 5.99. The van der Waals surface area contributed by atoms with Crippen LogP contribution in [0.1, 0.15) is 32.8 Å². The molecule has 0 aliphatic rings. The number of nitrogens with one attached hydrogen (secondary N) is 1. The molecule has 3 aromatic rings. The van der Waals surface area contributed by atoms with E-state index in [9.17, 15) is 18.0 Å². The molecule has 0 unspecified atom stereocenters. The summed E-state index contributed by atoms with van der Waals surface area (Å²) in [4.78, 5) is 28.7. The highest BCUT2D eigenvalue weighted by Crippen LogP contribution is 2.26. The van der Waals surface area contributed by atoms with Gasteiger partial charge in [0, 0.05) is 13.1 Å². The predicted molar refractivity (Wildman–Crippen MR) is 153 cm³/mol. The van der Waals surface area contributed by atoms with E-state index in [1.807, 2.05) is 51.1 Å². The molecule has 0 saturated heterocycles. The molecule has 1 atom stereocenters. The summed E-state index contributed by atoms with van der Waals surface area (Å²) in [7, 11) is -2.58. The Labute approximate surface area is 231 Å². The quantitative estimate of drug-likeness (QED) is 0.338. The Bertz CT molecular complexity index is 1310. The topological polar surface area (TPSA) is 96.0 Å². The number of carbonyl (C=O) groups excluding carboxylic acids is 2. The van der Waals surface area contributed by atoms with E-state index in [0.29, 0.717) is 24.4 Å². The zero-order valence-corrected chi connectivity index (χ0v) is 23.7. The van der Waals surface area contributed by atoms with Crippen molar-refractivity contribution in [2.24, 2.45) is 5.92 Å². The average molecular weight is 552 g/mol. The molecule has 1 N–H and O–H groups in total. The first-order valence-corrected chi connectivity index (χ1v) is 14.4. The van der Waals surface area contributed by atoms with E-state index in [4.69, 9.17) is 4.74 Å². The standard InChI is InChI=1S/C30H37N3O5S/c1-5-28(30(35)31-20-23(2)3)32(21-24-12-8-6-9-13-24)29(34)22-33(25-16-18-26(38-4)19-17-25)39(36,37)27-14-10-7-11-15-27/h6-19,23,28H,5,20-22H2,1-4H3,(H,31,35)/t28-/m1/s1. The molecule has 0 aromatic heterocycles. The van der Waals surface area contributed by atoms with Crippen LogP contribution in [-0.4, -0.2) is 51.4 Å². The van der Waals surface area contributed by atoms with Gasteiger partial charge in [0.2, 0.25) is 11.8 Å². The molecule has 2 amide bonds. The van der Waals surface area contributed by atoms with Crippen LogP contribution in [0, 0.1) is 5.92 Å². The molecule has 9 heteroatoms. The summed E-state index contributed by atoms with van der Waals surface area (Å²) >= 11 is 0. The summed E-state index contributed by atoms with van der Waals surface area (Å²) in [6, 6.07) is 23.0. The summed E-state index contributed by atoms with van der Waals surface area (Å²) in [5.41, 5.74) is 1.15. The molecule has 0 saturated carbocycles. The minimum atomic E-state index is -4.10. The maximum atomic E-state index is 14.0. The molecule has 0 bridgehead atoms. The Morgan fingerprint density at radius 3 is 2.03 bits per heavy atom. The molecule has 0 heterocycles. The van der Waals surface area contributed by atoms with Crippen molar-refractivity contribution in [1.82, 2.24) is 10.2 Å². The Morgan fingerprint density at radius 1 is 0.897 bits per heavy atom. The number of ether oxygens (including phenoxy) is 1. The molecule has 3 aromatic carbocycles. The normalized spacial score (nSPS) is 12.0. The van der Waals surface area contributed by atoms with Gasteiger partial charge in [-0.15, -0.1) is 0 Å². The van der Waals surface area contributed by atoms with Crippen molar-refractivity contribution in [2.75, 3.05) is 24.5 Å². The number of benzene rings is 3. The van der Waals surface area contributed by atoms with Crippen molar-refractivity contribution in [3.8, 4) is 5.75 Å². The number of carbonyl (C=O) groups is 2. The molecule has 0 fully saturated rings. The van der Waals surface area contributed by atoms with E-state index in [2.05, 4.69) is 5.32 Å². The van der Waals surface area contributed by atoms with Crippen molar-refractivity contribution < 1.29 is 22.7 Å². The van der Waals surface area contributed by atoms with Crippen LogP contribution in [0.5, 0.6) is 5.75 Å². The van der Waals surface area contributed by atoms with Gasteiger partial charge in [-0.05, 0) is 54.3 Å². The molecule has 208 valence electrons. The van der Waals surface area contributed by atoms with Gasteiger partial charge in [0.1, 0.15) is 18.3 Å². The van der Waals surface area contributed by atoms with Gasteiger partial charge in [0.05, 0.1) is 17.7 Å². The zero-order chi connectivity index (χ0) is 28.4. The SMILES string of the molecule is CC[C@H](C(=O)NCC(C)C)N(Cc1ccccc1)C(=O)CN(c1ccc(OC)cc1)S(=O)(=O)c1ccccc1. The predicted octanol–water partition coefficient (Wildman–Crippen LogP) is 4.47. The summed E-state index contributed by atoms with van der Waals surface area (Å²) in [5, 5.41) is 2.93. The summed E-state index contributed by atoms with van der Waals surface area (Å²) in [5.74, 6) is 0.0464. The van der Waals surface area contributed by atoms with Gasteiger partial charge in [0.15, 0.2) is 0 Å². The molecule has 0 aliphatic carbocycles. The molecule has 3 rings (SSSR count). The monoisotopic (exact) mass is 551 g/mol. The summed E-state index contributed by atoms with van der Waals surface area (Å²) < 4.78 is 33.9. The van der Waals surface area contributed by atoms with Crippen molar-refractivity contribution in [2.45, 2.75) is 44.7 Å². The van der Waals surface area contributed by atoms with E-state index < -0.39 is 28.5 Å². The van der Waals surface area contributed by atoms with Gasteiger partial charge in [-0.3, -0.25) is 13.9 Å². The highest BCUT2D eigenvalue weighted by atomic mass is 32.2. The lowest BCUT2D eigenvalue weighted by Crippen LogP contribution is -2.52. The molecule has 0 aliphatic heterocycles. The molecule has 0 spiro atoms. The minimum Gasteiger partial charge on any atom is -0.497 e. The summed E-state index contributed by atoms with van der Waals surface area (Å²) in [6.07, 6.45) is 0.372. The van der Waals surface area contributed by atoms with E-state index in [1.54, 1.807) is 42.5 Å².